The zero-order valence-corrected chi connectivity index (χ0v) is 15.4. The second kappa shape index (κ2) is 8.35. The molecule has 0 saturated carbocycles. The summed E-state index contributed by atoms with van der Waals surface area (Å²) in [6, 6.07) is 19.7. The van der Waals surface area contributed by atoms with Crippen LogP contribution in [0.25, 0.3) is 11.4 Å². The smallest absolute Gasteiger partial charge is 0.220 e. The summed E-state index contributed by atoms with van der Waals surface area (Å²) in [5.41, 5.74) is 4.04. The minimum absolute atomic E-state index is 0.0164. The van der Waals surface area contributed by atoms with E-state index < -0.39 is 0 Å². The predicted octanol–water partition coefficient (Wildman–Crippen LogP) is 3.31. The van der Waals surface area contributed by atoms with Gasteiger partial charge in [-0.05, 0) is 41.8 Å². The number of para-hydroxylation sites is 2. The number of aryl methyl sites for hydroxylation is 1. The maximum Gasteiger partial charge on any atom is 0.220 e. The number of carbonyl (C=O) groups excluding carboxylic acids is 1. The lowest BCUT2D eigenvalue weighted by atomic mass is 10.1. The van der Waals surface area contributed by atoms with Gasteiger partial charge in [-0.25, -0.2) is 9.36 Å². The molecule has 0 saturated heterocycles. The Hall–Kier alpha value is -3.67. The van der Waals surface area contributed by atoms with Crippen molar-refractivity contribution < 1.29 is 4.79 Å². The minimum atomic E-state index is 0.0164. The van der Waals surface area contributed by atoms with E-state index in [9.17, 15) is 4.79 Å². The average molecular weight is 371 g/mol. The van der Waals surface area contributed by atoms with Crippen molar-refractivity contribution in [2.75, 3.05) is 0 Å². The van der Waals surface area contributed by atoms with Crippen molar-refractivity contribution in [3.8, 4) is 11.4 Å². The first kappa shape index (κ1) is 17.7. The van der Waals surface area contributed by atoms with Gasteiger partial charge in [0.15, 0.2) is 0 Å². The number of rotatable bonds is 7. The highest BCUT2D eigenvalue weighted by atomic mass is 16.1. The number of hydrogen-bond acceptors (Lipinski definition) is 3. The molecule has 2 aromatic carbocycles. The number of hydrogen-bond donors (Lipinski definition) is 1. The van der Waals surface area contributed by atoms with E-state index in [0.29, 0.717) is 19.4 Å². The van der Waals surface area contributed by atoms with Crippen LogP contribution in [0.2, 0.25) is 0 Å². The lowest BCUT2D eigenvalue weighted by Gasteiger charge is -2.10. The monoisotopic (exact) mass is 371 g/mol. The maximum atomic E-state index is 12.3. The van der Waals surface area contributed by atoms with Crippen molar-refractivity contribution in [1.29, 1.82) is 0 Å². The maximum absolute atomic E-state index is 12.3. The highest BCUT2D eigenvalue weighted by Crippen LogP contribution is 2.13. The number of carbonyl (C=O) groups is 1. The zero-order chi connectivity index (χ0) is 19.2. The van der Waals surface area contributed by atoms with Crippen LogP contribution < -0.4 is 5.32 Å². The van der Waals surface area contributed by atoms with Crippen LogP contribution in [-0.4, -0.2) is 25.5 Å². The standard InChI is InChI=1S/C22H21N5O/c28-22(12-11-18-15-25-27(17-18)20-8-2-1-3-9-20)23-16-19-7-4-5-10-21(19)26-14-6-13-24-26/h1-10,13-15,17H,11-12,16H2,(H,23,28). The van der Waals surface area contributed by atoms with Gasteiger partial charge in [-0.15, -0.1) is 0 Å². The number of aromatic nitrogens is 4. The number of benzene rings is 2. The highest BCUT2D eigenvalue weighted by molar-refractivity contribution is 5.76. The van der Waals surface area contributed by atoms with E-state index in [-0.39, 0.29) is 5.91 Å². The number of amides is 1. The van der Waals surface area contributed by atoms with Gasteiger partial charge in [0.2, 0.25) is 5.91 Å². The third-order valence-electron chi connectivity index (χ3n) is 4.52. The Bertz CT molecular complexity index is 1040. The average Bonchev–Trinajstić information content (AvgIpc) is 3.44. The van der Waals surface area contributed by atoms with Crippen molar-refractivity contribution in [2.24, 2.45) is 0 Å². The molecule has 0 spiro atoms. The molecule has 2 aromatic heterocycles. The van der Waals surface area contributed by atoms with E-state index in [1.165, 1.54) is 0 Å². The van der Waals surface area contributed by atoms with Crippen LogP contribution >= 0.6 is 0 Å². The molecule has 0 radical (unpaired) electrons. The molecule has 1 N–H and O–H groups in total. The molecule has 0 bridgehead atoms. The molecular weight excluding hydrogens is 350 g/mol. The van der Waals surface area contributed by atoms with Crippen molar-refractivity contribution in [1.82, 2.24) is 24.9 Å². The molecule has 0 atom stereocenters. The summed E-state index contributed by atoms with van der Waals surface area (Å²) in [6.45, 7) is 0.470. The minimum Gasteiger partial charge on any atom is -0.352 e. The van der Waals surface area contributed by atoms with Gasteiger partial charge < -0.3 is 5.32 Å². The van der Waals surface area contributed by atoms with Gasteiger partial charge in [0.25, 0.3) is 0 Å². The summed E-state index contributed by atoms with van der Waals surface area (Å²) in [4.78, 5) is 12.3. The van der Waals surface area contributed by atoms with Crippen LogP contribution in [0.5, 0.6) is 0 Å². The van der Waals surface area contributed by atoms with E-state index in [4.69, 9.17) is 0 Å². The molecule has 0 aliphatic heterocycles. The van der Waals surface area contributed by atoms with E-state index in [0.717, 1.165) is 22.5 Å². The van der Waals surface area contributed by atoms with Gasteiger partial charge in [-0.1, -0.05) is 36.4 Å². The second-order valence-corrected chi connectivity index (χ2v) is 6.48. The molecule has 140 valence electrons. The van der Waals surface area contributed by atoms with Gasteiger partial charge in [0, 0.05) is 31.6 Å². The van der Waals surface area contributed by atoms with Crippen LogP contribution in [0.4, 0.5) is 0 Å². The molecule has 1 amide bonds. The molecule has 4 aromatic rings. The van der Waals surface area contributed by atoms with E-state index in [1.54, 1.807) is 10.9 Å². The molecule has 0 aliphatic rings. The van der Waals surface area contributed by atoms with Crippen molar-refractivity contribution in [2.45, 2.75) is 19.4 Å². The zero-order valence-electron chi connectivity index (χ0n) is 15.4. The van der Waals surface area contributed by atoms with Gasteiger partial charge >= 0.3 is 0 Å². The van der Waals surface area contributed by atoms with E-state index in [1.807, 2.05) is 83.9 Å². The van der Waals surface area contributed by atoms with Crippen molar-refractivity contribution in [3.05, 3.63) is 96.6 Å². The Labute approximate surface area is 163 Å². The first-order valence-electron chi connectivity index (χ1n) is 9.23. The van der Waals surface area contributed by atoms with Gasteiger partial charge in [0.05, 0.1) is 17.6 Å². The molecular formula is C22H21N5O. The Morgan fingerprint density at radius 3 is 2.57 bits per heavy atom. The Balaban J connectivity index is 1.32. The molecule has 2 heterocycles. The molecule has 6 nitrogen and oxygen atoms in total. The lowest BCUT2D eigenvalue weighted by molar-refractivity contribution is -0.121. The molecule has 0 fully saturated rings. The Morgan fingerprint density at radius 2 is 1.75 bits per heavy atom. The Kier molecular flexibility index (Phi) is 5.29. The predicted molar refractivity (Wildman–Crippen MR) is 107 cm³/mol. The van der Waals surface area contributed by atoms with Crippen molar-refractivity contribution in [3.63, 3.8) is 0 Å². The van der Waals surface area contributed by atoms with Crippen LogP contribution in [0.1, 0.15) is 17.5 Å². The van der Waals surface area contributed by atoms with Crippen molar-refractivity contribution >= 4 is 5.91 Å². The summed E-state index contributed by atoms with van der Waals surface area (Å²) in [5.74, 6) is 0.0164. The van der Waals surface area contributed by atoms with Crippen LogP contribution in [0.15, 0.2) is 85.5 Å². The summed E-state index contributed by atoms with van der Waals surface area (Å²) in [6.07, 6.45) is 8.49. The SMILES string of the molecule is O=C(CCc1cnn(-c2ccccc2)c1)NCc1ccccc1-n1cccn1. The van der Waals surface area contributed by atoms with Crippen LogP contribution in [0, 0.1) is 0 Å². The van der Waals surface area contributed by atoms with Crippen LogP contribution in [-0.2, 0) is 17.8 Å². The molecule has 4 rings (SSSR count). The Morgan fingerprint density at radius 1 is 0.929 bits per heavy atom. The second-order valence-electron chi connectivity index (χ2n) is 6.48. The van der Waals surface area contributed by atoms with Gasteiger partial charge in [-0.3, -0.25) is 4.79 Å². The summed E-state index contributed by atoms with van der Waals surface area (Å²) >= 11 is 0. The lowest BCUT2D eigenvalue weighted by Crippen LogP contribution is -2.23. The third-order valence-corrected chi connectivity index (χ3v) is 4.52. The summed E-state index contributed by atoms with van der Waals surface area (Å²) in [5, 5.41) is 11.6. The van der Waals surface area contributed by atoms with Gasteiger partial charge in [0.1, 0.15) is 0 Å². The van der Waals surface area contributed by atoms with Crippen LogP contribution in [0.3, 0.4) is 0 Å². The number of nitrogens with zero attached hydrogens (tertiary/aromatic N) is 4. The normalized spacial score (nSPS) is 10.7. The summed E-state index contributed by atoms with van der Waals surface area (Å²) < 4.78 is 3.63. The third kappa shape index (κ3) is 4.17. The molecule has 0 aliphatic carbocycles. The van der Waals surface area contributed by atoms with E-state index in [2.05, 4.69) is 15.5 Å². The molecule has 28 heavy (non-hydrogen) atoms. The van der Waals surface area contributed by atoms with E-state index >= 15 is 0 Å². The molecule has 0 unspecified atom stereocenters. The summed E-state index contributed by atoms with van der Waals surface area (Å²) in [7, 11) is 0. The topological polar surface area (TPSA) is 64.7 Å². The first-order chi connectivity index (χ1) is 13.8. The first-order valence-corrected chi connectivity index (χ1v) is 9.23. The van der Waals surface area contributed by atoms with Gasteiger partial charge in [-0.2, -0.15) is 10.2 Å². The fourth-order valence-corrected chi connectivity index (χ4v) is 3.05. The largest absolute Gasteiger partial charge is 0.352 e. The fourth-order valence-electron chi connectivity index (χ4n) is 3.05. The quantitative estimate of drug-likeness (QED) is 0.542. The molecule has 6 heteroatoms. The number of nitrogens with one attached hydrogen (secondary N) is 1. The fraction of sp³-hybridized carbons (Fsp3) is 0.136. The highest BCUT2D eigenvalue weighted by Gasteiger charge is 2.08.